The number of carbonyl (C=O) groups excluding carboxylic acids is 1. The van der Waals surface area contributed by atoms with Crippen molar-refractivity contribution in [3.63, 3.8) is 0 Å². The van der Waals surface area contributed by atoms with Crippen molar-refractivity contribution in [2.45, 2.75) is 12.3 Å². The lowest BCUT2D eigenvalue weighted by Crippen LogP contribution is -2.30. The van der Waals surface area contributed by atoms with Crippen LogP contribution in [0.1, 0.15) is 17.9 Å². The summed E-state index contributed by atoms with van der Waals surface area (Å²) in [6.07, 6.45) is 0.685. The highest BCUT2D eigenvalue weighted by atomic mass is 16.6. The standard InChI is InChI=1S/C12H16N2O2/c13-9-16-12(15)14-7-6-11(8-14)10-4-2-1-3-5-10/h1-5,11H,6-9,13H2. The molecule has 2 rings (SSSR count). The predicted octanol–water partition coefficient (Wildman–Crippen LogP) is 1.53. The molecule has 4 nitrogen and oxygen atoms in total. The number of amides is 1. The fourth-order valence-corrected chi connectivity index (χ4v) is 2.09. The third kappa shape index (κ3) is 2.33. The van der Waals surface area contributed by atoms with Gasteiger partial charge in [0.1, 0.15) is 6.73 Å². The van der Waals surface area contributed by atoms with Crippen molar-refractivity contribution in [1.29, 1.82) is 0 Å². The van der Waals surface area contributed by atoms with Gasteiger partial charge in [-0.2, -0.15) is 0 Å². The number of benzene rings is 1. The first kappa shape index (κ1) is 11.0. The maximum absolute atomic E-state index is 11.4. The first-order chi connectivity index (χ1) is 7.81. The molecule has 1 unspecified atom stereocenters. The lowest BCUT2D eigenvalue weighted by atomic mass is 9.99. The van der Waals surface area contributed by atoms with Crippen LogP contribution in [0.3, 0.4) is 0 Å². The molecule has 0 aliphatic carbocycles. The van der Waals surface area contributed by atoms with Gasteiger partial charge in [-0.3, -0.25) is 5.73 Å². The van der Waals surface area contributed by atoms with E-state index < -0.39 is 0 Å². The van der Waals surface area contributed by atoms with Gasteiger partial charge < -0.3 is 9.64 Å². The van der Waals surface area contributed by atoms with Crippen molar-refractivity contribution >= 4 is 6.09 Å². The maximum Gasteiger partial charge on any atom is 0.411 e. The van der Waals surface area contributed by atoms with Gasteiger partial charge in [-0.1, -0.05) is 30.3 Å². The van der Waals surface area contributed by atoms with Crippen molar-refractivity contribution < 1.29 is 9.53 Å². The first-order valence-electron chi connectivity index (χ1n) is 5.48. The Morgan fingerprint density at radius 2 is 2.19 bits per heavy atom. The summed E-state index contributed by atoms with van der Waals surface area (Å²) in [5.74, 6) is 0.423. The minimum absolute atomic E-state index is 0.0503. The minimum Gasteiger partial charge on any atom is -0.434 e. The zero-order valence-electron chi connectivity index (χ0n) is 9.13. The molecular formula is C12H16N2O2. The molecule has 1 fully saturated rings. The van der Waals surface area contributed by atoms with Gasteiger partial charge in [-0.05, 0) is 12.0 Å². The number of nitrogens with zero attached hydrogens (tertiary/aromatic N) is 1. The van der Waals surface area contributed by atoms with Gasteiger partial charge in [-0.25, -0.2) is 4.79 Å². The average Bonchev–Trinajstić information content (AvgIpc) is 2.80. The second kappa shape index (κ2) is 4.99. The summed E-state index contributed by atoms with van der Waals surface area (Å²) in [5, 5.41) is 0. The zero-order chi connectivity index (χ0) is 11.4. The molecular weight excluding hydrogens is 204 g/mol. The van der Waals surface area contributed by atoms with Gasteiger partial charge in [0.25, 0.3) is 0 Å². The second-order valence-electron chi connectivity index (χ2n) is 3.92. The van der Waals surface area contributed by atoms with Gasteiger partial charge in [0.15, 0.2) is 0 Å². The SMILES string of the molecule is NCOC(=O)N1CCC(c2ccccc2)C1. The molecule has 1 atom stereocenters. The summed E-state index contributed by atoms with van der Waals surface area (Å²) >= 11 is 0. The van der Waals surface area contributed by atoms with Crippen LogP contribution in [-0.4, -0.2) is 30.8 Å². The van der Waals surface area contributed by atoms with Crippen molar-refractivity contribution in [3.05, 3.63) is 35.9 Å². The minimum atomic E-state index is -0.305. The molecule has 1 aliphatic rings. The van der Waals surface area contributed by atoms with Crippen LogP contribution in [0, 0.1) is 0 Å². The van der Waals surface area contributed by atoms with Crippen LogP contribution >= 0.6 is 0 Å². The van der Waals surface area contributed by atoms with Crippen LogP contribution in [0.15, 0.2) is 30.3 Å². The molecule has 1 aliphatic heterocycles. The molecule has 0 bridgehead atoms. The Bertz CT molecular complexity index is 353. The lowest BCUT2D eigenvalue weighted by Gasteiger charge is -2.15. The van der Waals surface area contributed by atoms with Crippen LogP contribution in [0.4, 0.5) is 4.79 Å². The van der Waals surface area contributed by atoms with Crippen LogP contribution in [-0.2, 0) is 4.74 Å². The molecule has 1 heterocycles. The molecule has 1 saturated heterocycles. The van der Waals surface area contributed by atoms with Crippen molar-refractivity contribution in [1.82, 2.24) is 4.90 Å². The Labute approximate surface area is 95.0 Å². The van der Waals surface area contributed by atoms with E-state index in [1.807, 2.05) is 18.2 Å². The molecule has 0 radical (unpaired) electrons. The molecule has 4 heteroatoms. The largest absolute Gasteiger partial charge is 0.434 e. The molecule has 16 heavy (non-hydrogen) atoms. The number of ether oxygens (including phenoxy) is 1. The van der Waals surface area contributed by atoms with E-state index in [4.69, 9.17) is 10.5 Å². The van der Waals surface area contributed by atoms with Gasteiger partial charge >= 0.3 is 6.09 Å². The number of carbonyl (C=O) groups is 1. The molecule has 0 saturated carbocycles. The van der Waals surface area contributed by atoms with Crippen LogP contribution in [0.2, 0.25) is 0 Å². The Morgan fingerprint density at radius 1 is 1.44 bits per heavy atom. The van der Waals surface area contributed by atoms with Crippen LogP contribution < -0.4 is 5.73 Å². The van der Waals surface area contributed by atoms with Crippen molar-refractivity contribution in [2.24, 2.45) is 5.73 Å². The summed E-state index contributed by atoms with van der Waals surface area (Å²) < 4.78 is 4.77. The van der Waals surface area contributed by atoms with E-state index in [1.165, 1.54) is 5.56 Å². The average molecular weight is 220 g/mol. The normalized spacial score (nSPS) is 19.8. The van der Waals surface area contributed by atoms with E-state index in [0.29, 0.717) is 5.92 Å². The summed E-state index contributed by atoms with van der Waals surface area (Å²) in [6.45, 7) is 1.42. The lowest BCUT2D eigenvalue weighted by molar-refractivity contribution is 0.113. The Morgan fingerprint density at radius 3 is 2.88 bits per heavy atom. The number of hydrogen-bond donors (Lipinski definition) is 1. The van der Waals surface area contributed by atoms with Gasteiger partial charge in [0.05, 0.1) is 0 Å². The van der Waals surface area contributed by atoms with E-state index in [1.54, 1.807) is 4.90 Å². The third-order valence-electron chi connectivity index (χ3n) is 2.92. The Kier molecular flexibility index (Phi) is 3.41. The highest BCUT2D eigenvalue weighted by Gasteiger charge is 2.27. The van der Waals surface area contributed by atoms with Gasteiger partial charge in [0, 0.05) is 19.0 Å². The molecule has 2 N–H and O–H groups in total. The molecule has 0 aromatic heterocycles. The quantitative estimate of drug-likeness (QED) is 0.769. The van der Waals surface area contributed by atoms with Crippen molar-refractivity contribution in [3.8, 4) is 0 Å². The molecule has 86 valence electrons. The monoisotopic (exact) mass is 220 g/mol. The molecule has 1 aromatic rings. The summed E-state index contributed by atoms with van der Waals surface area (Å²) in [4.78, 5) is 13.2. The number of likely N-dealkylation sites (tertiary alicyclic amines) is 1. The zero-order valence-corrected chi connectivity index (χ0v) is 9.13. The summed E-state index contributed by atoms with van der Waals surface area (Å²) in [6, 6.07) is 10.2. The first-order valence-corrected chi connectivity index (χ1v) is 5.48. The Hall–Kier alpha value is -1.55. The highest BCUT2D eigenvalue weighted by molar-refractivity contribution is 5.68. The smallest absolute Gasteiger partial charge is 0.411 e. The highest BCUT2D eigenvalue weighted by Crippen LogP contribution is 2.27. The van der Waals surface area contributed by atoms with E-state index in [2.05, 4.69) is 12.1 Å². The predicted molar refractivity (Wildman–Crippen MR) is 60.9 cm³/mol. The fourth-order valence-electron chi connectivity index (χ4n) is 2.09. The molecule has 1 amide bonds. The van der Waals surface area contributed by atoms with E-state index in [-0.39, 0.29) is 12.8 Å². The fraction of sp³-hybridized carbons (Fsp3) is 0.417. The van der Waals surface area contributed by atoms with Crippen molar-refractivity contribution in [2.75, 3.05) is 19.8 Å². The number of nitrogens with two attached hydrogens (primary N) is 1. The van der Waals surface area contributed by atoms with E-state index in [0.717, 1.165) is 19.5 Å². The van der Waals surface area contributed by atoms with Gasteiger partial charge in [0.2, 0.25) is 0 Å². The van der Waals surface area contributed by atoms with Crippen LogP contribution in [0.5, 0.6) is 0 Å². The second-order valence-corrected chi connectivity index (χ2v) is 3.92. The van der Waals surface area contributed by atoms with E-state index >= 15 is 0 Å². The maximum atomic E-state index is 11.4. The molecule has 1 aromatic carbocycles. The number of hydrogen-bond acceptors (Lipinski definition) is 3. The molecule has 0 spiro atoms. The topological polar surface area (TPSA) is 55.6 Å². The van der Waals surface area contributed by atoms with E-state index in [9.17, 15) is 4.79 Å². The van der Waals surface area contributed by atoms with Crippen LogP contribution in [0.25, 0.3) is 0 Å². The third-order valence-corrected chi connectivity index (χ3v) is 2.92. The Balaban J connectivity index is 1.96. The summed E-state index contributed by atoms with van der Waals surface area (Å²) in [5.41, 5.74) is 6.46. The summed E-state index contributed by atoms with van der Waals surface area (Å²) in [7, 11) is 0. The van der Waals surface area contributed by atoms with Gasteiger partial charge in [-0.15, -0.1) is 0 Å². The number of rotatable bonds is 2.